The van der Waals surface area contributed by atoms with Crippen LogP contribution in [0.25, 0.3) is 0 Å². The molecule has 1 heteroatoms. The summed E-state index contributed by atoms with van der Waals surface area (Å²) in [5, 5.41) is 0. The Hall–Kier alpha value is -0.820. The Balaban J connectivity index is 2.10. The molecule has 0 spiro atoms. The fraction of sp³-hybridized carbons (Fsp3) is 0.647. The Morgan fingerprint density at radius 2 is 2.00 bits per heavy atom. The molecule has 2 atom stereocenters. The Labute approximate surface area is 112 Å². The van der Waals surface area contributed by atoms with Gasteiger partial charge in [0, 0.05) is 6.04 Å². The highest BCUT2D eigenvalue weighted by Gasteiger charge is 2.25. The van der Waals surface area contributed by atoms with Gasteiger partial charge in [-0.25, -0.2) is 0 Å². The van der Waals surface area contributed by atoms with Crippen molar-refractivity contribution in [3.8, 4) is 0 Å². The van der Waals surface area contributed by atoms with E-state index in [9.17, 15) is 0 Å². The first kappa shape index (κ1) is 13.6. The lowest BCUT2D eigenvalue weighted by Crippen LogP contribution is -2.22. The van der Waals surface area contributed by atoms with Crippen LogP contribution < -0.4 is 5.73 Å². The number of hydrogen-bond acceptors (Lipinski definition) is 1. The minimum absolute atomic E-state index is 0.216. The molecule has 0 radical (unpaired) electrons. The van der Waals surface area contributed by atoms with Crippen LogP contribution in [0.4, 0.5) is 0 Å². The van der Waals surface area contributed by atoms with Crippen molar-refractivity contribution in [3.63, 3.8) is 0 Å². The maximum atomic E-state index is 6.50. The summed E-state index contributed by atoms with van der Waals surface area (Å²) in [5.41, 5.74) is 9.43. The Morgan fingerprint density at radius 3 is 2.61 bits per heavy atom. The van der Waals surface area contributed by atoms with Gasteiger partial charge in [0.1, 0.15) is 0 Å². The highest BCUT2D eigenvalue weighted by molar-refractivity contribution is 5.34. The van der Waals surface area contributed by atoms with Crippen LogP contribution in [0, 0.1) is 5.92 Å². The van der Waals surface area contributed by atoms with Crippen molar-refractivity contribution in [2.24, 2.45) is 11.7 Å². The van der Waals surface area contributed by atoms with E-state index in [1.54, 1.807) is 0 Å². The van der Waals surface area contributed by atoms with Crippen LogP contribution in [0.2, 0.25) is 0 Å². The first-order valence-electron chi connectivity index (χ1n) is 7.58. The maximum absolute atomic E-state index is 6.50. The number of hydrogen-bond donors (Lipinski definition) is 1. The average molecular weight is 245 g/mol. The highest BCUT2D eigenvalue weighted by Crippen LogP contribution is 2.40. The predicted octanol–water partition coefficient (Wildman–Crippen LogP) is 4.78. The third-order valence-electron chi connectivity index (χ3n) is 4.53. The first-order chi connectivity index (χ1) is 8.74. The number of nitrogens with two attached hydrogens (primary N) is 1. The summed E-state index contributed by atoms with van der Waals surface area (Å²) in [6.07, 6.45) is 7.90. The van der Waals surface area contributed by atoms with Crippen LogP contribution in [0.3, 0.4) is 0 Å². The van der Waals surface area contributed by atoms with Gasteiger partial charge in [-0.15, -0.1) is 0 Å². The molecule has 1 saturated carbocycles. The average Bonchev–Trinajstić information content (AvgIpc) is 2.33. The number of unbranched alkanes of at least 4 members (excludes halogenated alkanes) is 1. The summed E-state index contributed by atoms with van der Waals surface area (Å²) in [5.74, 6) is 1.37. The summed E-state index contributed by atoms with van der Waals surface area (Å²) < 4.78 is 0. The van der Waals surface area contributed by atoms with Gasteiger partial charge in [-0.3, -0.25) is 0 Å². The zero-order valence-electron chi connectivity index (χ0n) is 11.9. The summed E-state index contributed by atoms with van der Waals surface area (Å²) in [7, 11) is 0. The predicted molar refractivity (Wildman–Crippen MR) is 78.7 cm³/mol. The van der Waals surface area contributed by atoms with Crippen molar-refractivity contribution in [1.29, 1.82) is 0 Å². The number of benzene rings is 1. The van der Waals surface area contributed by atoms with Crippen LogP contribution in [0.1, 0.15) is 75.5 Å². The molecule has 0 aromatic heterocycles. The van der Waals surface area contributed by atoms with E-state index in [1.807, 2.05) is 0 Å². The molecule has 2 rings (SSSR count). The minimum Gasteiger partial charge on any atom is -0.324 e. The zero-order valence-corrected chi connectivity index (χ0v) is 11.9. The SMILES string of the molecule is CCCCC(C)C(N)c1ccccc1C1CCC1. The molecule has 1 aliphatic rings. The topological polar surface area (TPSA) is 26.0 Å². The van der Waals surface area contributed by atoms with E-state index in [1.165, 1.54) is 49.7 Å². The summed E-state index contributed by atoms with van der Waals surface area (Å²) in [4.78, 5) is 0. The van der Waals surface area contributed by atoms with Crippen LogP contribution in [-0.4, -0.2) is 0 Å². The maximum Gasteiger partial charge on any atom is 0.0323 e. The molecule has 0 aliphatic heterocycles. The second-order valence-corrected chi connectivity index (χ2v) is 5.90. The van der Waals surface area contributed by atoms with Crippen molar-refractivity contribution >= 4 is 0 Å². The van der Waals surface area contributed by atoms with E-state index >= 15 is 0 Å². The summed E-state index contributed by atoms with van der Waals surface area (Å²) in [6, 6.07) is 9.07. The fourth-order valence-corrected chi connectivity index (χ4v) is 2.92. The van der Waals surface area contributed by atoms with Gasteiger partial charge in [0.25, 0.3) is 0 Å². The standard InChI is InChI=1S/C17H27N/c1-3-4-8-13(2)17(18)16-12-6-5-11-15(16)14-9-7-10-14/h5-6,11-14,17H,3-4,7-10,18H2,1-2H3. The van der Waals surface area contributed by atoms with E-state index in [2.05, 4.69) is 38.1 Å². The van der Waals surface area contributed by atoms with Gasteiger partial charge in [-0.1, -0.05) is 57.4 Å². The summed E-state index contributed by atoms with van der Waals surface area (Å²) >= 11 is 0. The minimum atomic E-state index is 0.216. The lowest BCUT2D eigenvalue weighted by atomic mass is 9.76. The molecule has 2 N–H and O–H groups in total. The van der Waals surface area contributed by atoms with Gasteiger partial charge in [-0.2, -0.15) is 0 Å². The normalized spacial score (nSPS) is 19.3. The lowest BCUT2D eigenvalue weighted by molar-refractivity contribution is 0.394. The molecule has 2 unspecified atom stereocenters. The van der Waals surface area contributed by atoms with Crippen molar-refractivity contribution in [2.45, 2.75) is 64.3 Å². The molecule has 1 aliphatic carbocycles. The van der Waals surface area contributed by atoms with Crippen molar-refractivity contribution < 1.29 is 0 Å². The molecular weight excluding hydrogens is 218 g/mol. The molecule has 0 saturated heterocycles. The Bertz CT molecular complexity index is 368. The van der Waals surface area contributed by atoms with Crippen LogP contribution in [0.15, 0.2) is 24.3 Å². The molecule has 0 bridgehead atoms. The quantitative estimate of drug-likeness (QED) is 0.767. The summed E-state index contributed by atoms with van der Waals surface area (Å²) in [6.45, 7) is 4.55. The van der Waals surface area contributed by atoms with Gasteiger partial charge in [0.2, 0.25) is 0 Å². The van der Waals surface area contributed by atoms with Crippen molar-refractivity contribution in [2.75, 3.05) is 0 Å². The molecule has 18 heavy (non-hydrogen) atoms. The molecule has 100 valence electrons. The Morgan fingerprint density at radius 1 is 1.28 bits per heavy atom. The van der Waals surface area contributed by atoms with E-state index in [4.69, 9.17) is 5.73 Å². The largest absolute Gasteiger partial charge is 0.324 e. The highest BCUT2D eigenvalue weighted by atomic mass is 14.6. The third-order valence-corrected chi connectivity index (χ3v) is 4.53. The smallest absolute Gasteiger partial charge is 0.0323 e. The van der Waals surface area contributed by atoms with Crippen molar-refractivity contribution in [1.82, 2.24) is 0 Å². The van der Waals surface area contributed by atoms with Gasteiger partial charge in [0.15, 0.2) is 0 Å². The van der Waals surface area contributed by atoms with Gasteiger partial charge in [0.05, 0.1) is 0 Å². The fourth-order valence-electron chi connectivity index (χ4n) is 2.92. The molecule has 1 aromatic carbocycles. The molecule has 1 fully saturated rings. The van der Waals surface area contributed by atoms with Gasteiger partial charge >= 0.3 is 0 Å². The van der Waals surface area contributed by atoms with Crippen LogP contribution >= 0.6 is 0 Å². The van der Waals surface area contributed by atoms with E-state index in [0.29, 0.717) is 5.92 Å². The van der Waals surface area contributed by atoms with Crippen LogP contribution in [-0.2, 0) is 0 Å². The molecular formula is C17H27N. The number of rotatable bonds is 6. The third kappa shape index (κ3) is 2.95. The second-order valence-electron chi connectivity index (χ2n) is 5.90. The monoisotopic (exact) mass is 245 g/mol. The molecule has 0 heterocycles. The van der Waals surface area contributed by atoms with Gasteiger partial charge < -0.3 is 5.73 Å². The van der Waals surface area contributed by atoms with E-state index in [0.717, 1.165) is 5.92 Å². The van der Waals surface area contributed by atoms with E-state index < -0.39 is 0 Å². The lowest BCUT2D eigenvalue weighted by Gasteiger charge is -2.31. The van der Waals surface area contributed by atoms with E-state index in [-0.39, 0.29) is 6.04 Å². The molecule has 1 aromatic rings. The molecule has 1 nitrogen and oxygen atoms in total. The Kier molecular flexibility index (Phi) is 4.82. The second kappa shape index (κ2) is 6.38. The van der Waals surface area contributed by atoms with Gasteiger partial charge in [-0.05, 0) is 42.2 Å². The zero-order chi connectivity index (χ0) is 13.0. The molecule has 0 amide bonds. The van der Waals surface area contributed by atoms with Crippen molar-refractivity contribution in [3.05, 3.63) is 35.4 Å². The first-order valence-corrected chi connectivity index (χ1v) is 7.58. The van der Waals surface area contributed by atoms with Crippen LogP contribution in [0.5, 0.6) is 0 Å².